The van der Waals surface area contributed by atoms with Crippen LogP contribution in [0.1, 0.15) is 16.7 Å². The van der Waals surface area contributed by atoms with Crippen molar-refractivity contribution in [2.45, 2.75) is 5.41 Å². The van der Waals surface area contributed by atoms with E-state index in [-0.39, 0.29) is 0 Å². The summed E-state index contributed by atoms with van der Waals surface area (Å²) in [6.07, 6.45) is 10.9. The Labute approximate surface area is 348 Å². The highest BCUT2D eigenvalue weighted by molar-refractivity contribution is 7.89. The van der Waals surface area contributed by atoms with Crippen LogP contribution in [0.25, 0.3) is 65.7 Å². The number of aromatic nitrogens is 3. The molecule has 0 radical (unpaired) electrons. The molecule has 0 aliphatic rings. The highest BCUT2D eigenvalue weighted by Gasteiger charge is 2.42. The molecule has 0 fully saturated rings. The Hall–Kier alpha value is -7.14. The first-order valence-corrected chi connectivity index (χ1v) is 21.0. The monoisotopic (exact) mass is 808 g/mol. The predicted molar refractivity (Wildman–Crippen MR) is 239 cm³/mol. The number of methoxy groups -OCH3 is 3. The first-order chi connectivity index (χ1) is 29.2. The van der Waals surface area contributed by atoms with Crippen LogP contribution in [-0.2, 0) is 15.4 Å². The quantitative estimate of drug-likeness (QED) is 0.128. The Morgan fingerprint density at radius 1 is 0.450 bits per heavy atom. The van der Waals surface area contributed by atoms with Crippen molar-refractivity contribution in [3.05, 3.63) is 181 Å². The van der Waals surface area contributed by atoms with Crippen LogP contribution in [-0.4, -0.2) is 50.5 Å². The maximum absolute atomic E-state index is 13.8. The van der Waals surface area contributed by atoms with Crippen LogP contribution in [0.2, 0.25) is 0 Å². The van der Waals surface area contributed by atoms with Gasteiger partial charge in [-0.05, 0) is 51.0 Å². The molecule has 3 heterocycles. The van der Waals surface area contributed by atoms with Crippen molar-refractivity contribution in [3.63, 3.8) is 0 Å². The molecule has 0 aliphatic heterocycles. The van der Waals surface area contributed by atoms with Gasteiger partial charge in [-0.2, -0.15) is 0 Å². The van der Waals surface area contributed by atoms with Crippen LogP contribution < -0.4 is 19.3 Å². The van der Waals surface area contributed by atoms with Crippen molar-refractivity contribution < 1.29 is 22.6 Å². The third kappa shape index (κ3) is 6.75. The maximum atomic E-state index is 13.8. The van der Waals surface area contributed by atoms with Gasteiger partial charge in [0.15, 0.2) is 0 Å². The van der Waals surface area contributed by atoms with Crippen molar-refractivity contribution in [3.8, 4) is 50.6 Å². The molecule has 0 saturated heterocycles. The number of sulfonamides is 1. The molecule has 60 heavy (non-hydrogen) atoms. The van der Waals surface area contributed by atoms with E-state index in [0.29, 0.717) is 33.9 Å². The van der Waals surface area contributed by atoms with Crippen molar-refractivity contribution in [1.82, 2.24) is 15.0 Å². The molecule has 0 bridgehead atoms. The molecule has 2 N–H and O–H groups in total. The lowest BCUT2D eigenvalue weighted by atomic mass is 9.69. The molecule has 9 aromatic rings. The lowest BCUT2D eigenvalue weighted by Crippen LogP contribution is -2.40. The van der Waals surface area contributed by atoms with E-state index in [1.54, 1.807) is 21.3 Å². The number of pyridine rings is 3. The number of nitrogens with two attached hydrogens (primary N) is 1. The summed E-state index contributed by atoms with van der Waals surface area (Å²) in [5.74, 6) is 1.08. The molecule has 6 aromatic carbocycles. The van der Waals surface area contributed by atoms with Crippen LogP contribution in [0.5, 0.6) is 17.2 Å². The molecule has 0 amide bonds. The first kappa shape index (κ1) is 38.4. The Bertz CT molecular complexity index is 2880. The standard InChI is InChI=1S/C50H40N4O5S/c1-57-47-22-35(16-19-41(47)44-28-52-25-32-10-4-7-13-38(32)44)50(31-60(51,55)56,36-17-20-42(48(23-36)58-2)45-29-53-26-33-11-5-8-14-39(33)45)37-18-21-43(49(24-37)59-3)46-30-54-27-34-12-6-9-15-40(34)46/h4-30H,31H2,1-3H3,(H2,51,55,56). The van der Waals surface area contributed by atoms with E-state index in [9.17, 15) is 8.42 Å². The van der Waals surface area contributed by atoms with Gasteiger partial charge in [-0.25, -0.2) is 13.6 Å². The number of ether oxygens (including phenoxy) is 3. The Balaban J connectivity index is 1.32. The van der Waals surface area contributed by atoms with Gasteiger partial charge in [0, 0.05) is 86.7 Å². The minimum Gasteiger partial charge on any atom is -0.496 e. The summed E-state index contributed by atoms with van der Waals surface area (Å²) in [6.45, 7) is 0. The number of primary sulfonamides is 1. The zero-order valence-electron chi connectivity index (χ0n) is 33.2. The SMILES string of the molecule is COc1cc(C(CS(N)(=O)=O)(c2ccc(-c3cncc4ccccc34)c(OC)c2)c2ccc(-c3cncc4ccccc34)c(OC)c2)ccc1-c1cncc2ccccc12. The molecule has 9 rings (SSSR count). The highest BCUT2D eigenvalue weighted by atomic mass is 32.2. The Kier molecular flexibility index (Phi) is 9.95. The average Bonchev–Trinajstić information content (AvgIpc) is 3.29. The second kappa shape index (κ2) is 15.6. The lowest BCUT2D eigenvalue weighted by Gasteiger charge is -2.36. The van der Waals surface area contributed by atoms with Crippen LogP contribution >= 0.6 is 0 Å². The van der Waals surface area contributed by atoms with E-state index in [1.807, 2.05) is 165 Å². The number of fused-ring (bicyclic) bond motifs is 3. The smallest absolute Gasteiger partial charge is 0.210 e. The summed E-state index contributed by atoms with van der Waals surface area (Å²) in [6, 6.07) is 41.4. The molecule has 296 valence electrons. The van der Waals surface area contributed by atoms with Crippen LogP contribution in [0, 0.1) is 0 Å². The lowest BCUT2D eigenvalue weighted by molar-refractivity contribution is 0.412. The fraction of sp³-hybridized carbons (Fsp3) is 0.100. The zero-order chi connectivity index (χ0) is 41.4. The summed E-state index contributed by atoms with van der Waals surface area (Å²) >= 11 is 0. The number of rotatable bonds is 11. The van der Waals surface area contributed by atoms with Gasteiger partial charge < -0.3 is 14.2 Å². The van der Waals surface area contributed by atoms with Crippen molar-refractivity contribution in [2.24, 2.45) is 5.14 Å². The number of nitrogens with zero attached hydrogens (tertiary/aromatic N) is 3. The molecule has 9 nitrogen and oxygen atoms in total. The minimum atomic E-state index is -4.21. The van der Waals surface area contributed by atoms with Crippen LogP contribution in [0.4, 0.5) is 0 Å². The van der Waals surface area contributed by atoms with Crippen molar-refractivity contribution in [1.29, 1.82) is 0 Å². The molecule has 0 aliphatic carbocycles. The second-order valence-electron chi connectivity index (χ2n) is 14.7. The molecular formula is C50H40N4O5S. The van der Waals surface area contributed by atoms with E-state index >= 15 is 0 Å². The topological polar surface area (TPSA) is 127 Å². The molecular weight excluding hydrogens is 769 g/mol. The normalized spacial score (nSPS) is 11.9. The summed E-state index contributed by atoms with van der Waals surface area (Å²) in [4.78, 5) is 13.6. The number of benzene rings is 6. The van der Waals surface area contributed by atoms with Gasteiger partial charge in [0.1, 0.15) is 17.2 Å². The fourth-order valence-electron chi connectivity index (χ4n) is 8.58. The minimum absolute atomic E-state index is 0.505. The van der Waals surface area contributed by atoms with E-state index in [1.165, 1.54) is 0 Å². The number of hydrogen-bond donors (Lipinski definition) is 1. The van der Waals surface area contributed by atoms with Crippen molar-refractivity contribution in [2.75, 3.05) is 27.1 Å². The van der Waals surface area contributed by atoms with E-state index in [2.05, 4.69) is 15.0 Å². The molecule has 3 aromatic heterocycles. The average molecular weight is 809 g/mol. The molecule has 0 atom stereocenters. The van der Waals surface area contributed by atoms with Gasteiger partial charge in [0.05, 0.1) is 32.5 Å². The summed E-state index contributed by atoms with van der Waals surface area (Å²) in [5, 5.41) is 12.1. The van der Waals surface area contributed by atoms with Crippen molar-refractivity contribution >= 4 is 42.3 Å². The predicted octanol–water partition coefficient (Wildman–Crippen LogP) is 9.98. The fourth-order valence-corrected chi connectivity index (χ4v) is 9.69. The third-order valence-electron chi connectivity index (χ3n) is 11.4. The van der Waals surface area contributed by atoms with Gasteiger partial charge in [0.2, 0.25) is 10.0 Å². The zero-order valence-corrected chi connectivity index (χ0v) is 34.0. The summed E-state index contributed by atoms with van der Waals surface area (Å²) in [5.41, 5.74) is 5.43. The van der Waals surface area contributed by atoms with E-state index < -0.39 is 21.2 Å². The van der Waals surface area contributed by atoms with Gasteiger partial charge in [0.25, 0.3) is 0 Å². The van der Waals surface area contributed by atoms with Crippen LogP contribution in [0.3, 0.4) is 0 Å². The molecule has 0 spiro atoms. The summed E-state index contributed by atoms with van der Waals surface area (Å²) < 4.78 is 46.0. The highest BCUT2D eigenvalue weighted by Crippen LogP contribution is 2.48. The number of hydrogen-bond acceptors (Lipinski definition) is 8. The van der Waals surface area contributed by atoms with Gasteiger partial charge >= 0.3 is 0 Å². The molecule has 0 unspecified atom stereocenters. The van der Waals surface area contributed by atoms with Gasteiger partial charge in [-0.15, -0.1) is 0 Å². The third-order valence-corrected chi connectivity index (χ3v) is 12.2. The largest absolute Gasteiger partial charge is 0.496 e. The summed E-state index contributed by atoms with van der Waals surface area (Å²) in [7, 11) is 0.607. The van der Waals surface area contributed by atoms with E-state index in [0.717, 1.165) is 65.7 Å². The molecule has 10 heteroatoms. The maximum Gasteiger partial charge on any atom is 0.210 e. The first-order valence-electron chi connectivity index (χ1n) is 19.3. The Morgan fingerprint density at radius 3 is 1.07 bits per heavy atom. The Morgan fingerprint density at radius 2 is 0.767 bits per heavy atom. The van der Waals surface area contributed by atoms with Gasteiger partial charge in [-0.3, -0.25) is 15.0 Å². The van der Waals surface area contributed by atoms with Crippen LogP contribution in [0.15, 0.2) is 165 Å². The van der Waals surface area contributed by atoms with E-state index in [4.69, 9.17) is 19.3 Å². The molecule has 0 saturated carbocycles. The van der Waals surface area contributed by atoms with Gasteiger partial charge in [-0.1, -0.05) is 109 Å². The second-order valence-corrected chi connectivity index (χ2v) is 16.3.